The van der Waals surface area contributed by atoms with Gasteiger partial charge in [0, 0.05) is 12.1 Å². The van der Waals surface area contributed by atoms with Gasteiger partial charge in [0.25, 0.3) is 0 Å². The van der Waals surface area contributed by atoms with Crippen molar-refractivity contribution in [1.82, 2.24) is 5.16 Å². The van der Waals surface area contributed by atoms with Crippen molar-refractivity contribution in [3.8, 4) is 0 Å². The van der Waals surface area contributed by atoms with Crippen molar-refractivity contribution in [3.05, 3.63) is 24.1 Å². The second-order valence-electron chi connectivity index (χ2n) is 1.59. The van der Waals surface area contributed by atoms with Gasteiger partial charge in [-0.15, -0.1) is 0 Å². The molecule has 4 nitrogen and oxygen atoms in total. The molecule has 0 bridgehead atoms. The van der Waals surface area contributed by atoms with Gasteiger partial charge in [-0.3, -0.25) is 0 Å². The van der Waals surface area contributed by atoms with Crippen molar-refractivity contribution in [1.29, 1.82) is 0 Å². The fraction of sp³-hybridized carbons (Fsp3) is 0. The van der Waals surface area contributed by atoms with Crippen LogP contribution in [0.15, 0.2) is 22.9 Å². The maximum atomic E-state index is 9.95. The van der Waals surface area contributed by atoms with Crippen LogP contribution in [0.25, 0.3) is 6.08 Å². The van der Waals surface area contributed by atoms with E-state index in [-0.39, 0.29) is 0 Å². The molecule has 0 fully saturated rings. The number of nitrogens with zero attached hydrogens (tertiary/aromatic N) is 1. The molecule has 0 aromatic carbocycles. The minimum Gasteiger partial charge on any atom is -0.478 e. The Morgan fingerprint density at radius 2 is 2.60 bits per heavy atom. The van der Waals surface area contributed by atoms with Crippen LogP contribution in [0, 0.1) is 0 Å². The Morgan fingerprint density at radius 1 is 1.80 bits per heavy atom. The summed E-state index contributed by atoms with van der Waals surface area (Å²) in [4.78, 5) is 9.95. The van der Waals surface area contributed by atoms with Crippen LogP contribution in [0.2, 0.25) is 0 Å². The van der Waals surface area contributed by atoms with Gasteiger partial charge in [0.05, 0.1) is 6.20 Å². The van der Waals surface area contributed by atoms with E-state index in [1.165, 1.54) is 12.3 Å². The molecule has 0 saturated heterocycles. The lowest BCUT2D eigenvalue weighted by Gasteiger charge is -1.77. The van der Waals surface area contributed by atoms with Gasteiger partial charge in [-0.05, 0) is 6.08 Å². The molecule has 1 aromatic rings. The second kappa shape index (κ2) is 2.82. The number of hydrogen-bond donors (Lipinski definition) is 1. The summed E-state index contributed by atoms with van der Waals surface area (Å²) in [5.74, 6) is -0.571. The molecule has 1 aromatic heterocycles. The predicted octanol–water partition coefficient (Wildman–Crippen LogP) is 0.772. The van der Waals surface area contributed by atoms with Crippen LogP contribution in [0.3, 0.4) is 0 Å². The molecule has 0 aliphatic heterocycles. The van der Waals surface area contributed by atoms with E-state index in [9.17, 15) is 4.79 Å². The third kappa shape index (κ3) is 1.74. The fourth-order valence-corrected chi connectivity index (χ4v) is 0.465. The first-order valence-corrected chi connectivity index (χ1v) is 2.61. The molecule has 0 atom stereocenters. The number of carboxylic acid groups (broad SMARTS) is 1. The highest BCUT2D eigenvalue weighted by molar-refractivity contribution is 5.84. The summed E-state index contributed by atoms with van der Waals surface area (Å²) >= 11 is 0. The number of rotatable bonds is 2. The Bertz CT molecular complexity index is 238. The SMILES string of the molecule is O=C(O)/C=C/c1ccno1. The van der Waals surface area contributed by atoms with Crippen molar-refractivity contribution in [2.45, 2.75) is 0 Å². The summed E-state index contributed by atoms with van der Waals surface area (Å²) in [6.45, 7) is 0. The molecule has 10 heavy (non-hydrogen) atoms. The van der Waals surface area contributed by atoms with E-state index < -0.39 is 5.97 Å². The first kappa shape index (κ1) is 6.54. The molecule has 0 amide bonds. The average Bonchev–Trinajstić information content (AvgIpc) is 2.34. The molecule has 1 rings (SSSR count). The lowest BCUT2D eigenvalue weighted by atomic mass is 10.4. The normalized spacial score (nSPS) is 10.4. The molecule has 0 aliphatic rings. The third-order valence-electron chi connectivity index (χ3n) is 0.848. The van der Waals surface area contributed by atoms with Crippen LogP contribution in [0.5, 0.6) is 0 Å². The number of aromatic nitrogens is 1. The standard InChI is InChI=1S/C6H5NO3/c8-6(9)2-1-5-3-4-7-10-5/h1-4H,(H,8,9)/b2-1+. The number of hydrogen-bond acceptors (Lipinski definition) is 3. The molecule has 0 aliphatic carbocycles. The molecule has 0 spiro atoms. The van der Waals surface area contributed by atoms with E-state index in [2.05, 4.69) is 9.68 Å². The number of carboxylic acids is 1. The van der Waals surface area contributed by atoms with Crippen molar-refractivity contribution in [3.63, 3.8) is 0 Å². The molecular formula is C6H5NO3. The van der Waals surface area contributed by atoms with Gasteiger partial charge in [0.15, 0.2) is 5.76 Å². The largest absolute Gasteiger partial charge is 0.478 e. The van der Waals surface area contributed by atoms with Gasteiger partial charge >= 0.3 is 5.97 Å². The van der Waals surface area contributed by atoms with E-state index in [0.29, 0.717) is 5.76 Å². The monoisotopic (exact) mass is 139 g/mol. The Labute approximate surface area is 56.8 Å². The van der Waals surface area contributed by atoms with Gasteiger partial charge in [-0.2, -0.15) is 0 Å². The zero-order valence-electron chi connectivity index (χ0n) is 5.02. The maximum absolute atomic E-state index is 9.95. The van der Waals surface area contributed by atoms with Gasteiger partial charge in [-0.25, -0.2) is 4.79 Å². The van der Waals surface area contributed by atoms with E-state index >= 15 is 0 Å². The summed E-state index contributed by atoms with van der Waals surface area (Å²) < 4.78 is 4.58. The van der Waals surface area contributed by atoms with Crippen molar-refractivity contribution in [2.24, 2.45) is 0 Å². The fourth-order valence-electron chi connectivity index (χ4n) is 0.465. The molecule has 0 radical (unpaired) electrons. The van der Waals surface area contributed by atoms with Gasteiger partial charge < -0.3 is 9.63 Å². The first-order valence-electron chi connectivity index (χ1n) is 2.61. The van der Waals surface area contributed by atoms with Crippen molar-refractivity contribution >= 4 is 12.0 Å². The van der Waals surface area contributed by atoms with E-state index in [0.717, 1.165) is 6.08 Å². The number of carbonyl (C=O) groups is 1. The van der Waals surface area contributed by atoms with Crippen LogP contribution < -0.4 is 0 Å². The van der Waals surface area contributed by atoms with Gasteiger partial charge in [0.2, 0.25) is 0 Å². The minimum absolute atomic E-state index is 0.433. The van der Waals surface area contributed by atoms with E-state index in [1.807, 2.05) is 0 Å². The quantitative estimate of drug-likeness (QED) is 0.614. The maximum Gasteiger partial charge on any atom is 0.328 e. The van der Waals surface area contributed by atoms with Crippen LogP contribution in [0.4, 0.5) is 0 Å². The highest BCUT2D eigenvalue weighted by atomic mass is 16.5. The summed E-state index contributed by atoms with van der Waals surface area (Å²) in [7, 11) is 0. The third-order valence-corrected chi connectivity index (χ3v) is 0.848. The minimum atomic E-state index is -1.00. The lowest BCUT2D eigenvalue weighted by Crippen LogP contribution is -1.84. The highest BCUT2D eigenvalue weighted by Crippen LogP contribution is 1.98. The lowest BCUT2D eigenvalue weighted by molar-refractivity contribution is -0.131. The molecule has 0 unspecified atom stereocenters. The Balaban J connectivity index is 2.64. The Morgan fingerprint density at radius 3 is 3.10 bits per heavy atom. The van der Waals surface area contributed by atoms with Crippen LogP contribution in [0.1, 0.15) is 5.76 Å². The summed E-state index contributed by atoms with van der Waals surface area (Å²) in [5.41, 5.74) is 0. The average molecular weight is 139 g/mol. The van der Waals surface area contributed by atoms with Gasteiger partial charge in [-0.1, -0.05) is 5.16 Å². The molecule has 0 saturated carbocycles. The van der Waals surface area contributed by atoms with Crippen LogP contribution in [-0.4, -0.2) is 16.2 Å². The Hall–Kier alpha value is -1.58. The predicted molar refractivity (Wildman–Crippen MR) is 33.2 cm³/mol. The van der Waals surface area contributed by atoms with E-state index in [1.54, 1.807) is 6.07 Å². The highest BCUT2D eigenvalue weighted by Gasteiger charge is 1.90. The molecule has 52 valence electrons. The molecule has 1 heterocycles. The van der Waals surface area contributed by atoms with Crippen LogP contribution in [-0.2, 0) is 4.79 Å². The summed E-state index contributed by atoms with van der Waals surface area (Å²) in [6, 6.07) is 1.57. The van der Waals surface area contributed by atoms with E-state index in [4.69, 9.17) is 5.11 Å². The molecular weight excluding hydrogens is 134 g/mol. The van der Waals surface area contributed by atoms with Crippen molar-refractivity contribution in [2.75, 3.05) is 0 Å². The first-order chi connectivity index (χ1) is 4.79. The smallest absolute Gasteiger partial charge is 0.328 e. The second-order valence-corrected chi connectivity index (χ2v) is 1.59. The molecule has 4 heteroatoms. The topological polar surface area (TPSA) is 63.3 Å². The van der Waals surface area contributed by atoms with Gasteiger partial charge in [0.1, 0.15) is 0 Å². The molecule has 1 N–H and O–H groups in total. The summed E-state index contributed by atoms with van der Waals surface area (Å²) in [6.07, 6.45) is 3.76. The van der Waals surface area contributed by atoms with Crippen LogP contribution >= 0.6 is 0 Å². The zero-order valence-corrected chi connectivity index (χ0v) is 5.02. The Kier molecular flexibility index (Phi) is 1.84. The zero-order chi connectivity index (χ0) is 7.40. The number of aliphatic carboxylic acids is 1. The summed E-state index contributed by atoms with van der Waals surface area (Å²) in [5, 5.41) is 11.5. The van der Waals surface area contributed by atoms with Crippen molar-refractivity contribution < 1.29 is 14.4 Å².